The van der Waals surface area contributed by atoms with Gasteiger partial charge in [0.1, 0.15) is 5.75 Å². The van der Waals surface area contributed by atoms with Crippen LogP contribution >= 0.6 is 24.8 Å². The fourth-order valence-electron chi connectivity index (χ4n) is 3.69. The second-order valence-corrected chi connectivity index (χ2v) is 5.87. The fraction of sp³-hybridized carbons (Fsp3) is 0.625. The molecule has 0 spiro atoms. The minimum absolute atomic E-state index is 0. The van der Waals surface area contributed by atoms with E-state index in [2.05, 4.69) is 22.3 Å². The third kappa shape index (κ3) is 4.49. The minimum atomic E-state index is 0. The summed E-state index contributed by atoms with van der Waals surface area (Å²) in [6.07, 6.45) is 5.47. The highest BCUT2D eigenvalue weighted by molar-refractivity contribution is 5.85. The Morgan fingerprint density at radius 2 is 1.57 bits per heavy atom. The van der Waals surface area contributed by atoms with Crippen LogP contribution in [0.5, 0.6) is 5.75 Å². The van der Waals surface area contributed by atoms with Crippen LogP contribution in [-0.2, 0) is 0 Å². The van der Waals surface area contributed by atoms with Gasteiger partial charge in [-0.25, -0.2) is 0 Å². The van der Waals surface area contributed by atoms with Gasteiger partial charge in [0.05, 0.1) is 0 Å². The van der Waals surface area contributed by atoms with Gasteiger partial charge in [-0.3, -0.25) is 4.90 Å². The first kappa shape index (κ1) is 18.6. The zero-order valence-corrected chi connectivity index (χ0v) is 14.0. The van der Waals surface area contributed by atoms with Gasteiger partial charge in [0.25, 0.3) is 0 Å². The number of nitrogens with one attached hydrogen (secondary N) is 1. The van der Waals surface area contributed by atoms with Crippen molar-refractivity contribution in [3.63, 3.8) is 0 Å². The van der Waals surface area contributed by atoms with Gasteiger partial charge < -0.3 is 10.4 Å². The van der Waals surface area contributed by atoms with Crippen molar-refractivity contribution in [2.24, 2.45) is 5.92 Å². The van der Waals surface area contributed by atoms with E-state index in [1.54, 1.807) is 0 Å². The van der Waals surface area contributed by atoms with Gasteiger partial charge in [-0.15, -0.1) is 24.8 Å². The molecule has 1 heterocycles. The van der Waals surface area contributed by atoms with Gasteiger partial charge in [-0.1, -0.05) is 25.0 Å². The number of hydrogen-bond donors (Lipinski definition) is 2. The van der Waals surface area contributed by atoms with Gasteiger partial charge >= 0.3 is 0 Å². The summed E-state index contributed by atoms with van der Waals surface area (Å²) >= 11 is 0. The average molecular weight is 333 g/mol. The van der Waals surface area contributed by atoms with Crippen molar-refractivity contribution in [2.75, 3.05) is 26.2 Å². The maximum atomic E-state index is 9.49. The van der Waals surface area contributed by atoms with Gasteiger partial charge in [0.15, 0.2) is 0 Å². The maximum Gasteiger partial charge on any atom is 0.115 e. The number of phenolic OH excluding ortho intramolecular Hbond substituents is 1. The molecular formula is C16H26Cl2N2O. The van der Waals surface area contributed by atoms with Crippen molar-refractivity contribution in [3.05, 3.63) is 29.8 Å². The molecule has 1 aromatic carbocycles. The predicted molar refractivity (Wildman–Crippen MR) is 91.7 cm³/mol. The van der Waals surface area contributed by atoms with E-state index in [-0.39, 0.29) is 24.8 Å². The highest BCUT2D eigenvalue weighted by Gasteiger charge is 2.31. The first-order valence-electron chi connectivity index (χ1n) is 7.58. The van der Waals surface area contributed by atoms with E-state index in [1.807, 2.05) is 12.1 Å². The number of nitrogens with zero attached hydrogens (tertiary/aromatic N) is 1. The minimum Gasteiger partial charge on any atom is -0.508 e. The molecule has 1 saturated heterocycles. The first-order valence-corrected chi connectivity index (χ1v) is 7.58. The summed E-state index contributed by atoms with van der Waals surface area (Å²) in [5.74, 6) is 1.16. The lowest BCUT2D eigenvalue weighted by molar-refractivity contribution is 0.125. The van der Waals surface area contributed by atoms with Crippen molar-refractivity contribution >= 4 is 24.8 Å². The van der Waals surface area contributed by atoms with Crippen molar-refractivity contribution in [1.82, 2.24) is 10.2 Å². The van der Waals surface area contributed by atoms with Crippen LogP contribution in [0.4, 0.5) is 0 Å². The second-order valence-electron chi connectivity index (χ2n) is 5.87. The molecule has 21 heavy (non-hydrogen) atoms. The summed E-state index contributed by atoms with van der Waals surface area (Å²) in [7, 11) is 0. The number of halogens is 2. The van der Waals surface area contributed by atoms with E-state index in [9.17, 15) is 5.11 Å². The fourth-order valence-corrected chi connectivity index (χ4v) is 3.69. The summed E-state index contributed by atoms with van der Waals surface area (Å²) in [6, 6.07) is 8.44. The van der Waals surface area contributed by atoms with E-state index in [4.69, 9.17) is 0 Å². The standard InChI is InChI=1S/C16H24N2O.2ClH/c19-15-7-5-14(6-8-15)16(13-3-1-2-4-13)18-11-9-17-10-12-18;;/h5-8,13,16-17,19H,1-4,9-12H2;2*1H/t16-;;/m0../s1. The lowest BCUT2D eigenvalue weighted by Gasteiger charge is -2.38. The van der Waals surface area contributed by atoms with E-state index in [1.165, 1.54) is 31.2 Å². The molecule has 0 radical (unpaired) electrons. The molecule has 0 amide bonds. The molecule has 3 nitrogen and oxygen atoms in total. The lowest BCUT2D eigenvalue weighted by Crippen LogP contribution is -2.46. The van der Waals surface area contributed by atoms with Crippen LogP contribution in [0.25, 0.3) is 0 Å². The Balaban J connectivity index is 0.00000110. The normalized spacial score (nSPS) is 21.3. The number of benzene rings is 1. The van der Waals surface area contributed by atoms with Crippen LogP contribution in [0.3, 0.4) is 0 Å². The number of phenols is 1. The molecule has 1 saturated carbocycles. The van der Waals surface area contributed by atoms with E-state index >= 15 is 0 Å². The highest BCUT2D eigenvalue weighted by atomic mass is 35.5. The van der Waals surface area contributed by atoms with Gasteiger partial charge in [0, 0.05) is 32.2 Å². The second kappa shape index (κ2) is 8.84. The van der Waals surface area contributed by atoms with E-state index in [0.717, 1.165) is 32.1 Å². The number of rotatable bonds is 3. The van der Waals surface area contributed by atoms with Gasteiger partial charge in [0.2, 0.25) is 0 Å². The third-order valence-corrected chi connectivity index (χ3v) is 4.63. The lowest BCUT2D eigenvalue weighted by atomic mass is 9.89. The number of piperazine rings is 1. The Bertz CT molecular complexity index is 401. The van der Waals surface area contributed by atoms with Crippen LogP contribution in [0.2, 0.25) is 0 Å². The van der Waals surface area contributed by atoms with Crippen LogP contribution in [0, 0.1) is 5.92 Å². The Labute approximate surface area is 139 Å². The molecule has 0 aromatic heterocycles. The largest absolute Gasteiger partial charge is 0.508 e. The Hall–Kier alpha value is -0.480. The number of hydrogen-bond acceptors (Lipinski definition) is 3. The Morgan fingerprint density at radius 3 is 2.14 bits per heavy atom. The molecule has 1 atom stereocenters. The molecule has 1 aromatic rings. The highest BCUT2D eigenvalue weighted by Crippen LogP contribution is 2.39. The summed E-state index contributed by atoms with van der Waals surface area (Å²) in [5.41, 5.74) is 1.38. The summed E-state index contributed by atoms with van der Waals surface area (Å²) < 4.78 is 0. The molecule has 2 fully saturated rings. The van der Waals surface area contributed by atoms with Crippen LogP contribution in [0.1, 0.15) is 37.3 Å². The first-order chi connectivity index (χ1) is 9.34. The maximum absolute atomic E-state index is 9.49. The molecule has 1 aliphatic heterocycles. The molecule has 120 valence electrons. The summed E-state index contributed by atoms with van der Waals surface area (Å²) in [4.78, 5) is 2.64. The molecule has 5 heteroatoms. The SMILES string of the molecule is Cl.Cl.Oc1ccc([C@H](C2CCCC2)N2CCNCC2)cc1. The predicted octanol–water partition coefficient (Wildman–Crippen LogP) is 3.37. The zero-order chi connectivity index (χ0) is 13.1. The van der Waals surface area contributed by atoms with Crippen molar-refractivity contribution in [3.8, 4) is 5.75 Å². The summed E-state index contributed by atoms with van der Waals surface area (Å²) in [6.45, 7) is 4.48. The average Bonchev–Trinajstić information content (AvgIpc) is 2.96. The van der Waals surface area contributed by atoms with Gasteiger partial charge in [-0.05, 0) is 36.5 Å². The third-order valence-electron chi connectivity index (χ3n) is 4.63. The van der Waals surface area contributed by atoms with Crippen LogP contribution < -0.4 is 5.32 Å². The van der Waals surface area contributed by atoms with Crippen LogP contribution in [0.15, 0.2) is 24.3 Å². The van der Waals surface area contributed by atoms with E-state index < -0.39 is 0 Å². The molecule has 2 aliphatic rings. The van der Waals surface area contributed by atoms with Crippen molar-refractivity contribution in [2.45, 2.75) is 31.7 Å². The van der Waals surface area contributed by atoms with Gasteiger partial charge in [-0.2, -0.15) is 0 Å². The topological polar surface area (TPSA) is 35.5 Å². The summed E-state index contributed by atoms with van der Waals surface area (Å²) in [5, 5.41) is 12.9. The Morgan fingerprint density at radius 1 is 1.00 bits per heavy atom. The molecular weight excluding hydrogens is 307 g/mol. The van der Waals surface area contributed by atoms with Crippen molar-refractivity contribution < 1.29 is 5.11 Å². The molecule has 3 rings (SSSR count). The Kier molecular flexibility index (Phi) is 7.82. The monoisotopic (exact) mass is 332 g/mol. The smallest absolute Gasteiger partial charge is 0.115 e. The number of aromatic hydroxyl groups is 1. The quantitative estimate of drug-likeness (QED) is 0.890. The zero-order valence-electron chi connectivity index (χ0n) is 12.3. The molecule has 1 aliphatic carbocycles. The van der Waals surface area contributed by atoms with E-state index in [0.29, 0.717) is 11.8 Å². The van der Waals surface area contributed by atoms with Crippen molar-refractivity contribution in [1.29, 1.82) is 0 Å². The molecule has 0 bridgehead atoms. The molecule has 0 unspecified atom stereocenters. The molecule has 2 N–H and O–H groups in total. The van der Waals surface area contributed by atoms with Crippen LogP contribution in [-0.4, -0.2) is 36.2 Å².